The first-order chi connectivity index (χ1) is 11.7. The smallest absolute Gasteiger partial charge is 0.220 e. The van der Waals surface area contributed by atoms with Crippen molar-refractivity contribution in [3.8, 4) is 0 Å². The summed E-state index contributed by atoms with van der Waals surface area (Å²) >= 11 is 0. The number of anilines is 1. The first-order valence-corrected chi connectivity index (χ1v) is 9.12. The van der Waals surface area contributed by atoms with E-state index in [1.807, 2.05) is 0 Å². The van der Waals surface area contributed by atoms with Gasteiger partial charge in [-0.3, -0.25) is 4.79 Å². The van der Waals surface area contributed by atoms with Crippen LogP contribution in [0.3, 0.4) is 0 Å². The zero-order valence-electron chi connectivity index (χ0n) is 14.3. The molecule has 2 N–H and O–H groups in total. The highest BCUT2D eigenvalue weighted by Crippen LogP contribution is 2.23. The number of nitrogens with zero attached hydrogens (tertiary/aromatic N) is 1. The zero-order chi connectivity index (χ0) is 16.8. The molecule has 0 bridgehead atoms. The first-order valence-electron chi connectivity index (χ1n) is 9.12. The molecule has 1 saturated heterocycles. The molecule has 24 heavy (non-hydrogen) atoms. The van der Waals surface area contributed by atoms with Gasteiger partial charge in [-0.1, -0.05) is 24.3 Å². The third kappa shape index (κ3) is 4.60. The summed E-state index contributed by atoms with van der Waals surface area (Å²) in [5, 5.41) is 12.2. The number of hydrogen-bond donors (Lipinski definition) is 2. The van der Waals surface area contributed by atoms with Crippen LogP contribution >= 0.6 is 0 Å². The Kier molecular flexibility index (Phi) is 5.91. The number of amides is 1. The Morgan fingerprint density at radius 1 is 1.17 bits per heavy atom. The Bertz CT molecular complexity index is 560. The normalized spacial score (nSPS) is 21.2. The van der Waals surface area contributed by atoms with Crippen molar-refractivity contribution in [2.75, 3.05) is 24.6 Å². The Morgan fingerprint density at radius 3 is 2.54 bits per heavy atom. The van der Waals surface area contributed by atoms with Gasteiger partial charge in [0, 0.05) is 38.3 Å². The summed E-state index contributed by atoms with van der Waals surface area (Å²) in [4.78, 5) is 14.3. The number of carbonyl (C=O) groups is 1. The van der Waals surface area contributed by atoms with Crippen molar-refractivity contribution in [2.24, 2.45) is 11.8 Å². The standard InChI is InChI=1S/C20H28N2O2/c23-15-18-9-11-22(12-10-18)19-7-5-17(6-8-19)14-21-20(24)13-16-3-1-2-4-16/h1,3,5-8,16,18,23H,2,4,9-15H2,(H,21,24). The predicted octanol–water partition coefficient (Wildman–Crippen LogP) is 2.87. The molecule has 1 fully saturated rings. The van der Waals surface area contributed by atoms with Crippen LogP contribution in [0.25, 0.3) is 0 Å². The second kappa shape index (κ2) is 8.34. The number of aliphatic hydroxyl groups excluding tert-OH is 1. The fraction of sp³-hybridized carbons (Fsp3) is 0.550. The van der Waals surface area contributed by atoms with Gasteiger partial charge in [0.2, 0.25) is 5.91 Å². The minimum absolute atomic E-state index is 0.140. The van der Waals surface area contributed by atoms with Crippen LogP contribution in [-0.4, -0.2) is 30.7 Å². The number of nitrogens with one attached hydrogen (secondary N) is 1. The fourth-order valence-electron chi connectivity index (χ4n) is 3.57. The molecule has 1 aliphatic heterocycles. The van der Waals surface area contributed by atoms with E-state index in [4.69, 9.17) is 0 Å². The summed E-state index contributed by atoms with van der Waals surface area (Å²) in [5.41, 5.74) is 2.37. The van der Waals surface area contributed by atoms with Gasteiger partial charge in [-0.2, -0.15) is 0 Å². The molecule has 1 aromatic carbocycles. The van der Waals surface area contributed by atoms with Crippen LogP contribution in [0.5, 0.6) is 0 Å². The topological polar surface area (TPSA) is 52.6 Å². The van der Waals surface area contributed by atoms with E-state index in [2.05, 4.69) is 46.6 Å². The van der Waals surface area contributed by atoms with Gasteiger partial charge < -0.3 is 15.3 Å². The molecule has 4 heteroatoms. The first kappa shape index (κ1) is 17.0. The van der Waals surface area contributed by atoms with Gasteiger partial charge in [0.05, 0.1) is 0 Å². The summed E-state index contributed by atoms with van der Waals surface area (Å²) in [7, 11) is 0. The molecular weight excluding hydrogens is 300 g/mol. The second-order valence-corrected chi connectivity index (χ2v) is 7.03. The summed E-state index contributed by atoms with van der Waals surface area (Å²) in [6, 6.07) is 8.48. The Hall–Kier alpha value is -1.81. The predicted molar refractivity (Wildman–Crippen MR) is 96.8 cm³/mol. The third-order valence-electron chi connectivity index (χ3n) is 5.22. The highest BCUT2D eigenvalue weighted by molar-refractivity contribution is 5.76. The van der Waals surface area contributed by atoms with E-state index in [-0.39, 0.29) is 5.91 Å². The number of aliphatic hydroxyl groups is 1. The molecular formula is C20H28N2O2. The van der Waals surface area contributed by atoms with Crippen molar-refractivity contribution < 1.29 is 9.90 Å². The van der Waals surface area contributed by atoms with Crippen molar-refractivity contribution in [3.63, 3.8) is 0 Å². The van der Waals surface area contributed by atoms with E-state index in [9.17, 15) is 9.90 Å². The van der Waals surface area contributed by atoms with Crippen LogP contribution in [-0.2, 0) is 11.3 Å². The minimum atomic E-state index is 0.140. The second-order valence-electron chi connectivity index (χ2n) is 7.03. The van der Waals surface area contributed by atoms with E-state index >= 15 is 0 Å². The number of piperidine rings is 1. The fourth-order valence-corrected chi connectivity index (χ4v) is 3.57. The molecule has 3 rings (SSSR count). The number of rotatable bonds is 6. The van der Waals surface area contributed by atoms with Gasteiger partial charge >= 0.3 is 0 Å². The molecule has 0 radical (unpaired) electrons. The molecule has 0 saturated carbocycles. The zero-order valence-corrected chi connectivity index (χ0v) is 14.3. The largest absolute Gasteiger partial charge is 0.396 e. The monoisotopic (exact) mass is 328 g/mol. The molecule has 1 amide bonds. The molecule has 1 atom stereocenters. The maximum Gasteiger partial charge on any atom is 0.220 e. The van der Waals surface area contributed by atoms with Gasteiger partial charge in [-0.05, 0) is 55.2 Å². The molecule has 0 spiro atoms. The molecule has 1 aliphatic carbocycles. The lowest BCUT2D eigenvalue weighted by Gasteiger charge is -2.33. The van der Waals surface area contributed by atoms with Gasteiger partial charge in [0.15, 0.2) is 0 Å². The van der Waals surface area contributed by atoms with Crippen LogP contribution in [0.15, 0.2) is 36.4 Å². The maximum absolute atomic E-state index is 12.0. The lowest BCUT2D eigenvalue weighted by atomic mass is 9.97. The summed E-state index contributed by atoms with van der Waals surface area (Å²) in [6.07, 6.45) is 9.26. The maximum atomic E-state index is 12.0. The number of allylic oxidation sites excluding steroid dienone is 2. The third-order valence-corrected chi connectivity index (χ3v) is 5.22. The van der Waals surface area contributed by atoms with Crippen LogP contribution in [0.1, 0.15) is 37.7 Å². The van der Waals surface area contributed by atoms with Crippen molar-refractivity contribution in [3.05, 3.63) is 42.0 Å². The molecule has 1 heterocycles. The molecule has 130 valence electrons. The average molecular weight is 328 g/mol. The Morgan fingerprint density at radius 2 is 1.92 bits per heavy atom. The summed E-state index contributed by atoms with van der Waals surface area (Å²) < 4.78 is 0. The lowest BCUT2D eigenvalue weighted by Crippen LogP contribution is -2.34. The number of benzene rings is 1. The van der Waals surface area contributed by atoms with Crippen molar-refractivity contribution in [2.45, 2.75) is 38.6 Å². The van der Waals surface area contributed by atoms with E-state index in [1.54, 1.807) is 0 Å². The summed E-state index contributed by atoms with van der Waals surface area (Å²) in [5.74, 6) is 1.03. The Balaban J connectivity index is 1.44. The van der Waals surface area contributed by atoms with Crippen LogP contribution in [0.4, 0.5) is 5.69 Å². The van der Waals surface area contributed by atoms with Crippen molar-refractivity contribution in [1.29, 1.82) is 0 Å². The molecule has 1 unspecified atom stereocenters. The van der Waals surface area contributed by atoms with E-state index in [1.165, 1.54) is 5.69 Å². The summed E-state index contributed by atoms with van der Waals surface area (Å²) in [6.45, 7) is 2.93. The van der Waals surface area contributed by atoms with Crippen molar-refractivity contribution >= 4 is 11.6 Å². The van der Waals surface area contributed by atoms with Crippen LogP contribution in [0.2, 0.25) is 0 Å². The van der Waals surface area contributed by atoms with E-state index in [0.29, 0.717) is 31.4 Å². The van der Waals surface area contributed by atoms with Crippen molar-refractivity contribution in [1.82, 2.24) is 5.32 Å². The lowest BCUT2D eigenvalue weighted by molar-refractivity contribution is -0.121. The molecule has 4 nitrogen and oxygen atoms in total. The Labute approximate surface area is 144 Å². The number of carbonyl (C=O) groups excluding carboxylic acids is 1. The van der Waals surface area contributed by atoms with Gasteiger partial charge in [-0.15, -0.1) is 0 Å². The molecule has 0 aromatic heterocycles. The van der Waals surface area contributed by atoms with Crippen LogP contribution < -0.4 is 10.2 Å². The quantitative estimate of drug-likeness (QED) is 0.790. The minimum Gasteiger partial charge on any atom is -0.396 e. The van der Waals surface area contributed by atoms with Gasteiger partial charge in [0.25, 0.3) is 0 Å². The van der Waals surface area contributed by atoms with Gasteiger partial charge in [0.1, 0.15) is 0 Å². The SMILES string of the molecule is O=C(CC1C=CCC1)NCc1ccc(N2CCC(CO)CC2)cc1. The highest BCUT2D eigenvalue weighted by atomic mass is 16.3. The van der Waals surface area contributed by atoms with E-state index in [0.717, 1.165) is 44.3 Å². The van der Waals surface area contributed by atoms with E-state index < -0.39 is 0 Å². The molecule has 1 aromatic rings. The van der Waals surface area contributed by atoms with Crippen LogP contribution in [0, 0.1) is 11.8 Å². The number of hydrogen-bond acceptors (Lipinski definition) is 3. The highest BCUT2D eigenvalue weighted by Gasteiger charge is 2.18. The van der Waals surface area contributed by atoms with Gasteiger partial charge in [-0.25, -0.2) is 0 Å². The average Bonchev–Trinajstić information content (AvgIpc) is 3.13. The molecule has 2 aliphatic rings.